The van der Waals surface area contributed by atoms with E-state index in [0.29, 0.717) is 0 Å². The minimum Gasteiger partial charge on any atom is -0.131 e. The van der Waals surface area contributed by atoms with Crippen molar-refractivity contribution < 1.29 is 0 Å². The van der Waals surface area contributed by atoms with Gasteiger partial charge in [0.2, 0.25) is 0 Å². The third-order valence-corrected chi connectivity index (χ3v) is 5.61. The highest BCUT2D eigenvalue weighted by Crippen LogP contribution is 2.36. The Kier molecular flexibility index (Phi) is 4.29. The van der Waals surface area contributed by atoms with Crippen molar-refractivity contribution in [1.82, 2.24) is 0 Å². The molecule has 0 amide bonds. The van der Waals surface area contributed by atoms with Crippen molar-refractivity contribution in [2.45, 2.75) is 25.6 Å². The predicted octanol–water partition coefficient (Wildman–Crippen LogP) is 5.65. The highest BCUT2D eigenvalue weighted by molar-refractivity contribution is 9.11. The molecule has 0 nitrogen and oxygen atoms in total. The molecule has 0 radical (unpaired) electrons. The molecule has 1 unspecified atom stereocenters. The van der Waals surface area contributed by atoms with Gasteiger partial charge in [0.25, 0.3) is 0 Å². The third-order valence-electron chi connectivity index (χ3n) is 2.85. The lowest BCUT2D eigenvalue weighted by Gasteiger charge is -2.09. The second kappa shape index (κ2) is 5.55. The Hall–Kier alpha value is -0.310. The molecule has 0 spiro atoms. The first-order chi connectivity index (χ1) is 8.08. The van der Waals surface area contributed by atoms with Crippen LogP contribution in [0.4, 0.5) is 0 Å². The van der Waals surface area contributed by atoms with Crippen molar-refractivity contribution in [3.8, 4) is 0 Å². The number of hydrogen-bond donors (Lipinski definition) is 0. The van der Waals surface area contributed by atoms with Crippen molar-refractivity contribution in [1.29, 1.82) is 0 Å². The van der Waals surface area contributed by atoms with Crippen LogP contribution in [0.1, 0.15) is 26.9 Å². The Balaban J connectivity index is 2.17. The first kappa shape index (κ1) is 13.1. The summed E-state index contributed by atoms with van der Waals surface area (Å²) in [4.78, 5) is 1.24. The van der Waals surface area contributed by atoms with Gasteiger partial charge in [0.1, 0.15) is 0 Å². The zero-order chi connectivity index (χ0) is 12.4. The third kappa shape index (κ3) is 3.12. The Morgan fingerprint density at radius 2 is 1.94 bits per heavy atom. The van der Waals surface area contributed by atoms with E-state index in [4.69, 9.17) is 11.6 Å². The Bertz CT molecular complexity index is 499. The smallest absolute Gasteiger partial charge is 0.0731 e. The molecule has 3 heteroatoms. The first-order valence-electron chi connectivity index (χ1n) is 5.52. The van der Waals surface area contributed by atoms with E-state index in [-0.39, 0.29) is 5.38 Å². The van der Waals surface area contributed by atoms with Crippen LogP contribution in [0.25, 0.3) is 0 Å². The lowest BCUT2D eigenvalue weighted by molar-refractivity contribution is 0.929. The zero-order valence-corrected chi connectivity index (χ0v) is 13.0. The highest BCUT2D eigenvalue weighted by Gasteiger charge is 2.14. The summed E-state index contributed by atoms with van der Waals surface area (Å²) in [6, 6.07) is 10.6. The van der Waals surface area contributed by atoms with Crippen LogP contribution in [0.3, 0.4) is 0 Å². The van der Waals surface area contributed by atoms with E-state index in [9.17, 15) is 0 Å². The maximum absolute atomic E-state index is 6.49. The van der Waals surface area contributed by atoms with Crippen LogP contribution < -0.4 is 0 Å². The monoisotopic (exact) mass is 328 g/mol. The van der Waals surface area contributed by atoms with Crippen molar-refractivity contribution in [3.63, 3.8) is 0 Å². The zero-order valence-electron chi connectivity index (χ0n) is 9.84. The quantitative estimate of drug-likeness (QED) is 0.638. The minimum atomic E-state index is 0.0612. The molecule has 1 atom stereocenters. The van der Waals surface area contributed by atoms with Crippen LogP contribution in [0.2, 0.25) is 0 Å². The maximum atomic E-state index is 6.49. The fourth-order valence-electron chi connectivity index (χ4n) is 1.77. The molecule has 0 saturated heterocycles. The predicted molar refractivity (Wildman–Crippen MR) is 80.2 cm³/mol. The fraction of sp³-hybridized carbons (Fsp3) is 0.286. The Morgan fingerprint density at radius 3 is 2.53 bits per heavy atom. The van der Waals surface area contributed by atoms with E-state index in [1.54, 1.807) is 11.3 Å². The highest BCUT2D eigenvalue weighted by atomic mass is 79.9. The molecule has 0 aliphatic carbocycles. The van der Waals surface area contributed by atoms with Crippen molar-refractivity contribution in [3.05, 3.63) is 55.7 Å². The normalized spacial score (nSPS) is 12.7. The molecule has 0 N–H and O–H groups in total. The molecule has 90 valence electrons. The van der Waals surface area contributed by atoms with E-state index in [1.165, 1.54) is 25.4 Å². The maximum Gasteiger partial charge on any atom is 0.0731 e. The second-order valence-corrected chi connectivity index (χ2v) is 7.13. The fourth-order valence-corrected chi connectivity index (χ4v) is 3.68. The van der Waals surface area contributed by atoms with Gasteiger partial charge in [0.05, 0.1) is 9.16 Å². The van der Waals surface area contributed by atoms with Crippen molar-refractivity contribution in [2.75, 3.05) is 0 Å². The van der Waals surface area contributed by atoms with Crippen LogP contribution in [-0.4, -0.2) is 0 Å². The largest absolute Gasteiger partial charge is 0.131 e. The average Bonchev–Trinajstić information content (AvgIpc) is 2.63. The van der Waals surface area contributed by atoms with Crippen LogP contribution >= 0.6 is 38.9 Å². The van der Waals surface area contributed by atoms with E-state index in [1.807, 2.05) is 0 Å². The van der Waals surface area contributed by atoms with Gasteiger partial charge in [-0.25, -0.2) is 0 Å². The van der Waals surface area contributed by atoms with E-state index in [2.05, 4.69) is 60.1 Å². The van der Waals surface area contributed by atoms with Gasteiger partial charge >= 0.3 is 0 Å². The lowest BCUT2D eigenvalue weighted by Crippen LogP contribution is -1.95. The minimum absolute atomic E-state index is 0.0612. The number of thiophene rings is 1. The van der Waals surface area contributed by atoms with Gasteiger partial charge in [-0.3, -0.25) is 0 Å². The SMILES string of the molecule is Cc1ccccc1CC(Cl)c1cc(C)c(Br)s1. The van der Waals surface area contributed by atoms with E-state index in [0.717, 1.165) is 6.42 Å². The summed E-state index contributed by atoms with van der Waals surface area (Å²) in [6.07, 6.45) is 0.890. The lowest BCUT2D eigenvalue weighted by atomic mass is 10.0. The number of aryl methyl sites for hydroxylation is 2. The average molecular weight is 330 g/mol. The van der Waals surface area contributed by atoms with Crippen molar-refractivity contribution in [2.24, 2.45) is 0 Å². The molecule has 0 fully saturated rings. The van der Waals surface area contributed by atoms with Crippen molar-refractivity contribution >= 4 is 38.9 Å². The summed E-state index contributed by atoms with van der Waals surface area (Å²) >= 11 is 11.8. The summed E-state index contributed by atoms with van der Waals surface area (Å²) in [5.41, 5.74) is 3.90. The molecule has 0 aliphatic rings. The Morgan fingerprint density at radius 1 is 1.24 bits per heavy atom. The second-order valence-electron chi connectivity index (χ2n) is 4.20. The topological polar surface area (TPSA) is 0 Å². The summed E-state index contributed by atoms with van der Waals surface area (Å²) < 4.78 is 1.18. The molecule has 2 aromatic rings. The van der Waals surface area contributed by atoms with Gasteiger partial charge < -0.3 is 0 Å². The number of alkyl halides is 1. The van der Waals surface area contributed by atoms with Gasteiger partial charge in [-0.05, 0) is 59.0 Å². The van der Waals surface area contributed by atoms with E-state index < -0.39 is 0 Å². The number of benzene rings is 1. The molecule has 17 heavy (non-hydrogen) atoms. The summed E-state index contributed by atoms with van der Waals surface area (Å²) in [6.45, 7) is 4.23. The molecule has 0 saturated carbocycles. The van der Waals surface area contributed by atoms with Crippen LogP contribution in [0.15, 0.2) is 34.1 Å². The van der Waals surface area contributed by atoms with Gasteiger partial charge in [-0.1, -0.05) is 24.3 Å². The molecular weight excluding hydrogens is 316 g/mol. The molecule has 0 aliphatic heterocycles. The van der Waals surface area contributed by atoms with Gasteiger partial charge in [0.15, 0.2) is 0 Å². The number of rotatable bonds is 3. The summed E-state index contributed by atoms with van der Waals surface area (Å²) in [5, 5.41) is 0.0612. The van der Waals surface area contributed by atoms with Gasteiger partial charge in [-0.2, -0.15) is 0 Å². The number of hydrogen-bond acceptors (Lipinski definition) is 1. The number of halogens is 2. The first-order valence-corrected chi connectivity index (χ1v) is 7.57. The molecule has 1 aromatic carbocycles. The van der Waals surface area contributed by atoms with Gasteiger partial charge in [-0.15, -0.1) is 22.9 Å². The summed E-state index contributed by atoms with van der Waals surface area (Å²) in [5.74, 6) is 0. The molecule has 1 heterocycles. The van der Waals surface area contributed by atoms with Crippen LogP contribution in [0, 0.1) is 13.8 Å². The standard InChI is InChI=1S/C14H14BrClS/c1-9-5-3-4-6-11(9)8-12(16)13-7-10(2)14(15)17-13/h3-7,12H,8H2,1-2H3. The van der Waals surface area contributed by atoms with Crippen LogP contribution in [0.5, 0.6) is 0 Å². The van der Waals surface area contributed by atoms with Gasteiger partial charge in [0, 0.05) is 4.88 Å². The van der Waals surface area contributed by atoms with E-state index >= 15 is 0 Å². The Labute approximate surface area is 120 Å². The van der Waals surface area contributed by atoms with Crippen LogP contribution in [-0.2, 0) is 6.42 Å². The molecule has 1 aromatic heterocycles. The molecular formula is C14H14BrClS. The molecule has 0 bridgehead atoms. The molecule has 2 rings (SSSR count). The summed E-state index contributed by atoms with van der Waals surface area (Å²) in [7, 11) is 0.